The van der Waals surface area contributed by atoms with E-state index >= 15 is 0 Å². The molecule has 0 saturated heterocycles. The topological polar surface area (TPSA) is 97.7 Å². The van der Waals surface area contributed by atoms with Crippen LogP contribution in [0.15, 0.2) is 0 Å². The molecule has 1 N–H and O–H groups in total. The van der Waals surface area contributed by atoms with Crippen LogP contribution in [0.1, 0.15) is 0 Å². The molecule has 0 spiro atoms. The van der Waals surface area contributed by atoms with Crippen LogP contribution in [0.5, 0.6) is 0 Å². The monoisotopic (exact) mass is 222 g/mol. The van der Waals surface area contributed by atoms with Crippen LogP contribution in [0.3, 0.4) is 0 Å². The summed E-state index contributed by atoms with van der Waals surface area (Å²) in [5.74, 6) is 0. The van der Waals surface area contributed by atoms with E-state index in [0.29, 0.717) is 0 Å². The van der Waals surface area contributed by atoms with Gasteiger partial charge in [0, 0.05) is 0 Å². The molecule has 0 aliphatic rings. The molecule has 0 heterocycles. The third-order valence-electron chi connectivity index (χ3n) is 0.155. The SMILES string of the molecule is [CaH2].[O]=[V](=[O])[O]S(=O)(=O)O. The summed E-state index contributed by atoms with van der Waals surface area (Å²) in [5, 5.41) is 0. The molecule has 0 aliphatic heterocycles. The maximum absolute atomic E-state index is 9.41. The molecule has 0 amide bonds. The second-order valence-electron chi connectivity index (χ2n) is 0.726. The molecule has 9 heteroatoms. The van der Waals surface area contributed by atoms with Gasteiger partial charge in [-0.2, -0.15) is 0 Å². The fourth-order valence-electron chi connectivity index (χ4n) is 0.0769. The zero-order valence-corrected chi connectivity index (χ0v) is 5.56. The summed E-state index contributed by atoms with van der Waals surface area (Å²) >= 11 is -4.19. The van der Waals surface area contributed by atoms with E-state index < -0.39 is 25.8 Å². The summed E-state index contributed by atoms with van der Waals surface area (Å²) in [6.45, 7) is 0. The quantitative estimate of drug-likeness (QED) is 0.433. The number of hydrogen-bond donors (Lipinski definition) is 1. The van der Waals surface area contributed by atoms with Crippen LogP contribution in [0, 0.1) is 0 Å². The van der Waals surface area contributed by atoms with E-state index in [-0.39, 0.29) is 37.7 Å². The fraction of sp³-hybridized carbons (Fsp3) is 0. The Morgan fingerprint density at radius 1 is 1.33 bits per heavy atom. The molecule has 6 nitrogen and oxygen atoms in total. The normalized spacial score (nSPS) is 9.89. The summed E-state index contributed by atoms with van der Waals surface area (Å²) in [6, 6.07) is 0. The number of rotatable bonds is 2. The molecular formula is H3CaO6SV. The van der Waals surface area contributed by atoms with Gasteiger partial charge in [0.1, 0.15) is 0 Å². The van der Waals surface area contributed by atoms with Crippen molar-refractivity contribution in [2.75, 3.05) is 0 Å². The molecule has 0 rings (SSSR count). The third kappa shape index (κ3) is 12.5. The van der Waals surface area contributed by atoms with Gasteiger partial charge in [-0.25, -0.2) is 0 Å². The van der Waals surface area contributed by atoms with Crippen LogP contribution in [-0.4, -0.2) is 50.7 Å². The molecule has 0 aliphatic carbocycles. The molecule has 0 unspecified atom stereocenters. The van der Waals surface area contributed by atoms with Crippen molar-refractivity contribution >= 4 is 48.1 Å². The van der Waals surface area contributed by atoms with E-state index in [2.05, 4.69) is 3.11 Å². The molecule has 0 atom stereocenters. The van der Waals surface area contributed by atoms with Crippen LogP contribution in [-0.2, 0) is 36.3 Å². The minimum absolute atomic E-state index is 0. The average molecular weight is 222 g/mol. The molecule has 0 aromatic heterocycles. The van der Waals surface area contributed by atoms with Gasteiger partial charge >= 0.3 is 87.0 Å². The van der Waals surface area contributed by atoms with Crippen molar-refractivity contribution in [3.8, 4) is 0 Å². The van der Waals surface area contributed by atoms with E-state index in [4.69, 9.17) is 4.55 Å². The van der Waals surface area contributed by atoms with E-state index in [1.165, 1.54) is 0 Å². The van der Waals surface area contributed by atoms with Crippen molar-refractivity contribution in [2.45, 2.75) is 0 Å². The Labute approximate surface area is 85.9 Å². The van der Waals surface area contributed by atoms with Gasteiger partial charge in [-0.3, -0.25) is 0 Å². The summed E-state index contributed by atoms with van der Waals surface area (Å²) in [7, 11) is -4.78. The molecule has 0 saturated carbocycles. The fourth-order valence-corrected chi connectivity index (χ4v) is 0.951. The Kier molecular flexibility index (Phi) is 7.23. The van der Waals surface area contributed by atoms with E-state index in [0.717, 1.165) is 0 Å². The molecule has 0 aromatic rings. The van der Waals surface area contributed by atoms with Crippen LogP contribution < -0.4 is 0 Å². The first-order chi connectivity index (χ1) is 3.42. The van der Waals surface area contributed by atoms with Crippen LogP contribution in [0.25, 0.3) is 0 Å². The van der Waals surface area contributed by atoms with Gasteiger partial charge in [0.2, 0.25) is 0 Å². The second kappa shape index (κ2) is 5.03. The van der Waals surface area contributed by atoms with Crippen LogP contribution in [0.4, 0.5) is 0 Å². The average Bonchev–Trinajstić information content (AvgIpc) is 1.21. The van der Waals surface area contributed by atoms with Crippen molar-refractivity contribution in [3.63, 3.8) is 0 Å². The van der Waals surface area contributed by atoms with Gasteiger partial charge in [0.25, 0.3) is 0 Å². The molecule has 0 radical (unpaired) electrons. The van der Waals surface area contributed by atoms with Gasteiger partial charge in [0.05, 0.1) is 0 Å². The zero-order chi connectivity index (χ0) is 6.78. The van der Waals surface area contributed by atoms with Gasteiger partial charge in [-0.1, -0.05) is 0 Å². The number of hydrogen-bond acceptors (Lipinski definition) is 5. The van der Waals surface area contributed by atoms with Gasteiger partial charge in [-0.15, -0.1) is 0 Å². The Bertz CT molecular complexity index is 213. The van der Waals surface area contributed by atoms with E-state index in [9.17, 15) is 15.8 Å². The van der Waals surface area contributed by atoms with Crippen molar-refractivity contribution in [3.05, 3.63) is 0 Å². The summed E-state index contributed by atoms with van der Waals surface area (Å²) in [5.41, 5.74) is 0. The predicted octanol–water partition coefficient (Wildman–Crippen LogP) is -1.89. The molecule has 52 valence electrons. The van der Waals surface area contributed by atoms with E-state index in [1.807, 2.05) is 0 Å². The van der Waals surface area contributed by atoms with Crippen molar-refractivity contribution < 1.29 is 38.8 Å². The maximum atomic E-state index is 9.41. The Hall–Kier alpha value is 1.31. The molecule has 0 bridgehead atoms. The standard InChI is InChI=1S/Ca.H2O4S.2O.V.2H/c;1-5(2,3)4;;;;;/h;(H2,1,2,3,4);;;;;/q;;;;+1;;/p-1. The van der Waals surface area contributed by atoms with Crippen molar-refractivity contribution in [1.29, 1.82) is 0 Å². The van der Waals surface area contributed by atoms with Crippen LogP contribution >= 0.6 is 0 Å². The Morgan fingerprint density at radius 2 is 1.67 bits per heavy atom. The van der Waals surface area contributed by atoms with Crippen LogP contribution in [0.2, 0.25) is 0 Å². The molecule has 0 fully saturated rings. The summed E-state index contributed by atoms with van der Waals surface area (Å²) in [4.78, 5) is 0. The van der Waals surface area contributed by atoms with Gasteiger partial charge in [0.15, 0.2) is 0 Å². The molecule has 9 heavy (non-hydrogen) atoms. The second-order valence-corrected chi connectivity index (χ2v) is 3.13. The Morgan fingerprint density at radius 3 is 1.67 bits per heavy atom. The van der Waals surface area contributed by atoms with Crippen molar-refractivity contribution in [2.24, 2.45) is 0 Å². The summed E-state index contributed by atoms with van der Waals surface area (Å²) < 4.78 is 48.1. The summed E-state index contributed by atoms with van der Waals surface area (Å²) in [6.07, 6.45) is 0. The Balaban J connectivity index is 0. The minimum atomic E-state index is -4.78. The first-order valence-corrected chi connectivity index (χ1v) is 4.31. The van der Waals surface area contributed by atoms with Crippen molar-refractivity contribution in [1.82, 2.24) is 0 Å². The van der Waals surface area contributed by atoms with Gasteiger partial charge < -0.3 is 0 Å². The first-order valence-electron chi connectivity index (χ1n) is 1.23. The third-order valence-corrected chi connectivity index (χ3v) is 1.92. The van der Waals surface area contributed by atoms with E-state index in [1.54, 1.807) is 0 Å². The van der Waals surface area contributed by atoms with Gasteiger partial charge in [-0.05, 0) is 0 Å². The molecular weight excluding hydrogens is 219 g/mol. The zero-order valence-electron chi connectivity index (χ0n) is 3.34. The first kappa shape index (κ1) is 12.9. The predicted molar refractivity (Wildman–Crippen MR) is 22.6 cm³/mol. The molecule has 0 aromatic carbocycles.